The lowest BCUT2D eigenvalue weighted by Crippen LogP contribution is -3.00. The number of nitrogens with zero attached hydrogens (tertiary/aromatic N) is 2. The van der Waals surface area contributed by atoms with Crippen LogP contribution in [0, 0.1) is 40.9 Å². The van der Waals surface area contributed by atoms with Crippen LogP contribution in [0.2, 0.25) is 0 Å². The minimum atomic E-state index is -0.190. The number of carbonyl (C=O) groups excluding carboxylic acids is 1. The van der Waals surface area contributed by atoms with Gasteiger partial charge in [-0.05, 0) is 55.8 Å². The SMILES string of the molecule is Cc1c(CCOC(=O)C23CC4CC(CC(C)(C4)C2)C3)sc[n+]1CC#N.[Cl-]. The number of hydrogen-bond donors (Lipinski definition) is 0. The second-order valence-electron chi connectivity index (χ2n) is 8.96. The minimum absolute atomic E-state index is 0. The molecule has 4 fully saturated rings. The molecule has 1 aromatic heterocycles. The Bertz CT molecular complexity index is 725. The van der Waals surface area contributed by atoms with Gasteiger partial charge in [0, 0.05) is 13.3 Å². The van der Waals surface area contributed by atoms with Gasteiger partial charge < -0.3 is 17.1 Å². The van der Waals surface area contributed by atoms with Crippen LogP contribution in [0.1, 0.15) is 56.0 Å². The van der Waals surface area contributed by atoms with E-state index in [0.717, 1.165) is 43.2 Å². The van der Waals surface area contributed by atoms with Crippen molar-refractivity contribution in [1.82, 2.24) is 0 Å². The van der Waals surface area contributed by atoms with Gasteiger partial charge in [-0.2, -0.15) is 9.83 Å². The summed E-state index contributed by atoms with van der Waals surface area (Å²) < 4.78 is 7.75. The predicted octanol–water partition coefficient (Wildman–Crippen LogP) is 0.564. The molecule has 1 aromatic rings. The fraction of sp³-hybridized carbons (Fsp3) is 0.750. The number of aromatic nitrogens is 1. The normalized spacial score (nSPS) is 34.2. The van der Waals surface area contributed by atoms with E-state index in [-0.39, 0.29) is 23.8 Å². The van der Waals surface area contributed by atoms with Gasteiger partial charge in [0.2, 0.25) is 12.1 Å². The highest BCUT2D eigenvalue weighted by atomic mass is 35.5. The van der Waals surface area contributed by atoms with Crippen LogP contribution in [-0.2, 0) is 22.5 Å². The summed E-state index contributed by atoms with van der Waals surface area (Å²) in [5.41, 5.74) is 3.28. The van der Waals surface area contributed by atoms with Crippen LogP contribution < -0.4 is 17.0 Å². The number of halogens is 1. The van der Waals surface area contributed by atoms with Crippen molar-refractivity contribution in [3.63, 3.8) is 0 Å². The van der Waals surface area contributed by atoms with Crippen LogP contribution >= 0.6 is 11.3 Å². The van der Waals surface area contributed by atoms with Crippen molar-refractivity contribution in [3.05, 3.63) is 16.1 Å². The molecule has 4 aliphatic rings. The van der Waals surface area contributed by atoms with Gasteiger partial charge in [0.15, 0.2) is 5.69 Å². The van der Waals surface area contributed by atoms with Crippen molar-refractivity contribution < 1.29 is 26.5 Å². The first-order valence-electron chi connectivity index (χ1n) is 9.44. The zero-order chi connectivity index (χ0) is 17.7. The molecule has 0 N–H and O–H groups in total. The number of rotatable bonds is 5. The van der Waals surface area contributed by atoms with E-state index in [1.54, 1.807) is 11.3 Å². The third-order valence-electron chi connectivity index (χ3n) is 6.75. The lowest BCUT2D eigenvalue weighted by molar-refractivity contribution is -0.686. The van der Waals surface area contributed by atoms with E-state index in [2.05, 4.69) is 13.0 Å². The number of ether oxygens (including phenoxy) is 1. The lowest BCUT2D eigenvalue weighted by Gasteiger charge is -2.59. The summed E-state index contributed by atoms with van der Waals surface area (Å²) in [7, 11) is 0. The molecule has 0 aromatic carbocycles. The Morgan fingerprint density at radius 3 is 2.69 bits per heavy atom. The summed E-state index contributed by atoms with van der Waals surface area (Å²) >= 11 is 1.65. The average Bonchev–Trinajstić information content (AvgIpc) is 2.86. The van der Waals surface area contributed by atoms with Crippen LogP contribution in [0.25, 0.3) is 0 Å². The van der Waals surface area contributed by atoms with E-state index in [9.17, 15) is 4.79 Å². The predicted molar refractivity (Wildman–Crippen MR) is 94.7 cm³/mol. The molecular formula is C20H27ClN2O2S. The van der Waals surface area contributed by atoms with Gasteiger partial charge in [0.1, 0.15) is 6.07 Å². The van der Waals surface area contributed by atoms with Crippen molar-refractivity contribution >= 4 is 17.3 Å². The number of hydrogen-bond acceptors (Lipinski definition) is 4. The van der Waals surface area contributed by atoms with Crippen LogP contribution in [0.4, 0.5) is 0 Å². The van der Waals surface area contributed by atoms with Gasteiger partial charge in [-0.15, -0.1) is 0 Å². The van der Waals surface area contributed by atoms with Gasteiger partial charge in [-0.3, -0.25) is 4.79 Å². The van der Waals surface area contributed by atoms with Crippen molar-refractivity contribution in [1.29, 1.82) is 5.26 Å². The smallest absolute Gasteiger partial charge is 0.312 e. The monoisotopic (exact) mass is 394 g/mol. The Morgan fingerprint density at radius 1 is 1.38 bits per heavy atom. The van der Waals surface area contributed by atoms with Crippen LogP contribution in [-0.4, -0.2) is 12.6 Å². The largest absolute Gasteiger partial charge is 1.00 e. The van der Waals surface area contributed by atoms with Crippen molar-refractivity contribution in [2.75, 3.05) is 6.61 Å². The maximum absolute atomic E-state index is 13.0. The Kier molecular flexibility index (Phi) is 5.38. The number of thiazole rings is 1. The maximum atomic E-state index is 13.0. The molecule has 4 saturated carbocycles. The molecule has 26 heavy (non-hydrogen) atoms. The molecule has 0 aliphatic heterocycles. The standard InChI is InChI=1S/C20H27N2O2S.ClH/c1-14-17(25-13-22(14)5-4-21)3-6-24-18(23)20-10-15-7-16(11-20)9-19(2,8-15)12-20;/h13,15-16H,3,5-12H2,1-2H3;1H/q+1;/p-1. The molecule has 2 atom stereocenters. The zero-order valence-electron chi connectivity index (χ0n) is 15.6. The van der Waals surface area contributed by atoms with Gasteiger partial charge in [-0.25, -0.2) is 0 Å². The first-order chi connectivity index (χ1) is 11.9. The summed E-state index contributed by atoms with van der Waals surface area (Å²) in [6, 6.07) is 2.17. The van der Waals surface area contributed by atoms with Gasteiger partial charge in [0.05, 0.1) is 16.9 Å². The second kappa shape index (κ2) is 7.13. The van der Waals surface area contributed by atoms with Crippen LogP contribution in [0.5, 0.6) is 0 Å². The van der Waals surface area contributed by atoms with Crippen LogP contribution in [0.15, 0.2) is 5.51 Å². The van der Waals surface area contributed by atoms with Crippen LogP contribution in [0.3, 0.4) is 0 Å². The highest BCUT2D eigenvalue weighted by Gasteiger charge is 2.59. The molecule has 2 unspecified atom stereocenters. The lowest BCUT2D eigenvalue weighted by atomic mass is 9.44. The minimum Gasteiger partial charge on any atom is -1.00 e. The Balaban J connectivity index is 0.00000196. The third kappa shape index (κ3) is 3.39. The Morgan fingerprint density at radius 2 is 2.08 bits per heavy atom. The third-order valence-corrected chi connectivity index (χ3v) is 7.89. The maximum Gasteiger partial charge on any atom is 0.312 e. The zero-order valence-corrected chi connectivity index (χ0v) is 17.2. The molecule has 4 bridgehead atoms. The molecule has 5 rings (SSSR count). The molecule has 0 spiro atoms. The van der Waals surface area contributed by atoms with E-state index in [4.69, 9.17) is 10.00 Å². The summed E-state index contributed by atoms with van der Waals surface area (Å²) in [6.07, 6.45) is 7.85. The van der Waals surface area contributed by atoms with E-state index in [1.807, 2.05) is 17.0 Å². The topological polar surface area (TPSA) is 54.0 Å². The molecule has 142 valence electrons. The van der Waals surface area contributed by atoms with Gasteiger partial charge in [-0.1, -0.05) is 18.3 Å². The Labute approximate surface area is 166 Å². The van der Waals surface area contributed by atoms with E-state index < -0.39 is 0 Å². The molecule has 0 amide bonds. The first kappa shape index (κ1) is 19.6. The summed E-state index contributed by atoms with van der Waals surface area (Å²) in [5.74, 6) is 1.54. The molecule has 0 saturated heterocycles. The van der Waals surface area contributed by atoms with Crippen molar-refractivity contribution in [2.45, 2.75) is 65.3 Å². The molecule has 4 aliphatic carbocycles. The summed E-state index contributed by atoms with van der Waals surface area (Å²) in [4.78, 5) is 14.2. The summed E-state index contributed by atoms with van der Waals surface area (Å²) in [5, 5.41) is 8.84. The quantitative estimate of drug-likeness (QED) is 0.541. The highest BCUT2D eigenvalue weighted by molar-refractivity contribution is 7.09. The van der Waals surface area contributed by atoms with E-state index in [1.165, 1.54) is 24.1 Å². The second-order valence-corrected chi connectivity index (χ2v) is 9.90. The van der Waals surface area contributed by atoms with Crippen molar-refractivity contribution in [2.24, 2.45) is 22.7 Å². The highest BCUT2D eigenvalue weighted by Crippen LogP contribution is 2.65. The summed E-state index contributed by atoms with van der Waals surface area (Å²) in [6.45, 7) is 5.26. The molecular weight excluding hydrogens is 368 g/mol. The van der Waals surface area contributed by atoms with Gasteiger partial charge >= 0.3 is 5.97 Å². The fourth-order valence-electron chi connectivity index (χ4n) is 6.27. The number of nitriles is 1. The molecule has 1 heterocycles. The van der Waals surface area contributed by atoms with E-state index >= 15 is 0 Å². The number of carbonyl (C=O) groups is 1. The molecule has 0 radical (unpaired) electrons. The van der Waals surface area contributed by atoms with Gasteiger partial charge in [0.25, 0.3) is 0 Å². The van der Waals surface area contributed by atoms with Crippen molar-refractivity contribution in [3.8, 4) is 6.07 Å². The molecule has 4 nitrogen and oxygen atoms in total. The molecule has 6 heteroatoms. The Hall–Kier alpha value is -1.12. The fourth-order valence-corrected chi connectivity index (χ4v) is 7.25. The number of esters is 1. The van der Waals surface area contributed by atoms with E-state index in [0.29, 0.717) is 18.6 Å². The average molecular weight is 395 g/mol. The first-order valence-corrected chi connectivity index (χ1v) is 10.3.